The van der Waals surface area contributed by atoms with Crippen molar-refractivity contribution in [3.05, 3.63) is 35.6 Å². The van der Waals surface area contributed by atoms with Crippen molar-refractivity contribution in [1.82, 2.24) is 5.32 Å². The summed E-state index contributed by atoms with van der Waals surface area (Å²) < 4.78 is 13.6. The highest BCUT2D eigenvalue weighted by atomic mass is 19.1. The van der Waals surface area contributed by atoms with Gasteiger partial charge in [0.1, 0.15) is 5.82 Å². The monoisotopic (exact) mass is 279 g/mol. The van der Waals surface area contributed by atoms with Gasteiger partial charge in [0.15, 0.2) is 0 Å². The van der Waals surface area contributed by atoms with E-state index in [-0.39, 0.29) is 11.7 Å². The molecule has 0 spiro atoms. The van der Waals surface area contributed by atoms with E-state index >= 15 is 0 Å². The van der Waals surface area contributed by atoms with Gasteiger partial charge in [0, 0.05) is 5.56 Å². The van der Waals surface area contributed by atoms with E-state index in [2.05, 4.69) is 5.32 Å². The van der Waals surface area contributed by atoms with Crippen molar-refractivity contribution < 1.29 is 19.1 Å². The lowest BCUT2D eigenvalue weighted by atomic mass is 9.94. The summed E-state index contributed by atoms with van der Waals surface area (Å²) in [6.07, 6.45) is 1.84. The predicted molar refractivity (Wildman–Crippen MR) is 71.4 cm³/mol. The molecule has 0 bridgehead atoms. The molecule has 1 amide bonds. The molecule has 0 saturated heterocycles. The van der Waals surface area contributed by atoms with Crippen LogP contribution in [0.2, 0.25) is 0 Å². The number of hydrogen-bond acceptors (Lipinski definition) is 2. The third-order valence-electron chi connectivity index (χ3n) is 3.90. The summed E-state index contributed by atoms with van der Waals surface area (Å²) in [6.45, 7) is 1.70. The van der Waals surface area contributed by atoms with E-state index in [9.17, 15) is 14.0 Å². The molecule has 1 fully saturated rings. The number of rotatable bonds is 4. The van der Waals surface area contributed by atoms with Crippen molar-refractivity contribution in [3.63, 3.8) is 0 Å². The van der Waals surface area contributed by atoms with Crippen LogP contribution in [-0.4, -0.2) is 17.0 Å². The van der Waals surface area contributed by atoms with E-state index in [4.69, 9.17) is 5.11 Å². The summed E-state index contributed by atoms with van der Waals surface area (Å²) in [5.41, 5.74) is 0.408. The Morgan fingerprint density at radius 2 is 1.95 bits per heavy atom. The Morgan fingerprint density at radius 3 is 2.60 bits per heavy atom. The number of amides is 1. The maximum absolute atomic E-state index is 13.6. The summed E-state index contributed by atoms with van der Waals surface area (Å²) in [4.78, 5) is 23.2. The number of carbonyl (C=O) groups is 2. The molecule has 20 heavy (non-hydrogen) atoms. The van der Waals surface area contributed by atoms with E-state index in [0.717, 1.165) is 6.42 Å². The molecule has 0 aromatic heterocycles. The highest BCUT2D eigenvalue weighted by Gasteiger charge is 2.38. The van der Waals surface area contributed by atoms with Gasteiger partial charge in [0.05, 0.1) is 17.9 Å². The Morgan fingerprint density at radius 1 is 1.30 bits per heavy atom. The van der Waals surface area contributed by atoms with E-state index in [1.54, 1.807) is 25.1 Å². The normalized spacial score (nSPS) is 23.3. The molecule has 0 aliphatic heterocycles. The molecule has 1 unspecified atom stereocenters. The number of carboxylic acids is 1. The van der Waals surface area contributed by atoms with E-state index in [1.165, 1.54) is 6.07 Å². The van der Waals surface area contributed by atoms with Crippen molar-refractivity contribution in [2.45, 2.75) is 32.2 Å². The average Bonchev–Trinajstić information content (AvgIpc) is 2.88. The molecule has 0 radical (unpaired) electrons. The molecular formula is C15H18FNO3. The minimum Gasteiger partial charge on any atom is -0.481 e. The van der Waals surface area contributed by atoms with Crippen LogP contribution < -0.4 is 5.32 Å². The first kappa shape index (κ1) is 14.5. The molecule has 1 aromatic rings. The number of hydrogen-bond donors (Lipinski definition) is 2. The lowest BCUT2D eigenvalue weighted by Crippen LogP contribution is -2.36. The largest absolute Gasteiger partial charge is 0.481 e. The summed E-state index contributed by atoms with van der Waals surface area (Å²) in [5.74, 6) is -2.74. The fourth-order valence-corrected chi connectivity index (χ4v) is 2.79. The van der Waals surface area contributed by atoms with Crippen molar-refractivity contribution in [3.8, 4) is 0 Å². The minimum absolute atomic E-state index is 0.300. The van der Waals surface area contributed by atoms with Crippen molar-refractivity contribution in [1.29, 1.82) is 0 Å². The molecule has 4 nitrogen and oxygen atoms in total. The van der Waals surface area contributed by atoms with Crippen LogP contribution in [0.3, 0.4) is 0 Å². The smallest absolute Gasteiger partial charge is 0.307 e. The zero-order valence-corrected chi connectivity index (χ0v) is 11.3. The van der Waals surface area contributed by atoms with Crippen molar-refractivity contribution in [2.75, 3.05) is 0 Å². The molecule has 1 saturated carbocycles. The number of aliphatic carboxylic acids is 1. The van der Waals surface area contributed by atoms with Gasteiger partial charge in [-0.25, -0.2) is 4.39 Å². The van der Waals surface area contributed by atoms with Crippen LogP contribution in [0.15, 0.2) is 24.3 Å². The quantitative estimate of drug-likeness (QED) is 0.890. The van der Waals surface area contributed by atoms with Crippen LogP contribution in [0.4, 0.5) is 4.39 Å². The molecule has 0 heterocycles. The fraction of sp³-hybridized carbons (Fsp3) is 0.467. The molecule has 3 atom stereocenters. The first-order valence-corrected chi connectivity index (χ1v) is 6.78. The maximum Gasteiger partial charge on any atom is 0.307 e. The molecule has 1 aliphatic carbocycles. The first-order valence-electron chi connectivity index (χ1n) is 6.78. The molecule has 2 N–H and O–H groups in total. The van der Waals surface area contributed by atoms with Crippen LogP contribution in [-0.2, 0) is 9.59 Å². The highest BCUT2D eigenvalue weighted by molar-refractivity contribution is 5.85. The van der Waals surface area contributed by atoms with Gasteiger partial charge in [-0.3, -0.25) is 9.59 Å². The molecule has 5 heteroatoms. The highest BCUT2D eigenvalue weighted by Crippen LogP contribution is 2.32. The summed E-state index contributed by atoms with van der Waals surface area (Å²) in [6, 6.07) is 5.78. The Bertz CT molecular complexity index is 518. The standard InChI is InChI=1S/C15H18FNO3/c1-9(10-5-2-3-8-13(10)16)17-14(18)11-6-4-7-12(11)15(19)20/h2-3,5,8-9,11-12H,4,6-7H2,1H3,(H,17,18)(H,19,20)/t9?,11-,12+/m1/s1. The van der Waals surface area contributed by atoms with E-state index in [0.29, 0.717) is 18.4 Å². The van der Waals surface area contributed by atoms with Crippen LogP contribution in [0.1, 0.15) is 37.8 Å². The number of carbonyl (C=O) groups excluding carboxylic acids is 1. The Labute approximate surface area is 117 Å². The lowest BCUT2D eigenvalue weighted by Gasteiger charge is -2.20. The van der Waals surface area contributed by atoms with E-state index < -0.39 is 23.8 Å². The number of carboxylic acid groups (broad SMARTS) is 1. The third kappa shape index (κ3) is 2.98. The average molecular weight is 279 g/mol. The van der Waals surface area contributed by atoms with Gasteiger partial charge in [-0.1, -0.05) is 24.6 Å². The summed E-state index contributed by atoms with van der Waals surface area (Å²) >= 11 is 0. The zero-order chi connectivity index (χ0) is 14.7. The Balaban J connectivity index is 2.04. The van der Waals surface area contributed by atoms with Gasteiger partial charge in [-0.15, -0.1) is 0 Å². The fourth-order valence-electron chi connectivity index (χ4n) is 2.79. The lowest BCUT2D eigenvalue weighted by molar-refractivity contribution is -0.146. The van der Waals surface area contributed by atoms with Gasteiger partial charge >= 0.3 is 5.97 Å². The second kappa shape index (κ2) is 6.03. The van der Waals surface area contributed by atoms with Crippen molar-refractivity contribution >= 4 is 11.9 Å². The topological polar surface area (TPSA) is 66.4 Å². The number of nitrogens with one attached hydrogen (secondary N) is 1. The van der Waals surface area contributed by atoms with Gasteiger partial charge in [-0.2, -0.15) is 0 Å². The number of benzene rings is 1. The van der Waals surface area contributed by atoms with Gasteiger partial charge in [0.25, 0.3) is 0 Å². The zero-order valence-electron chi connectivity index (χ0n) is 11.3. The molecule has 1 aliphatic rings. The number of halogens is 1. The minimum atomic E-state index is -0.929. The first-order chi connectivity index (χ1) is 9.50. The Kier molecular flexibility index (Phi) is 4.37. The molecule has 1 aromatic carbocycles. The van der Waals surface area contributed by atoms with Gasteiger partial charge < -0.3 is 10.4 Å². The van der Waals surface area contributed by atoms with Crippen molar-refractivity contribution in [2.24, 2.45) is 11.8 Å². The Hall–Kier alpha value is -1.91. The van der Waals surface area contributed by atoms with Gasteiger partial charge in [0.2, 0.25) is 5.91 Å². The summed E-state index contributed by atoms with van der Waals surface area (Å²) in [5, 5.41) is 11.8. The molecule has 108 valence electrons. The SMILES string of the molecule is CC(NC(=O)[C@@H]1CCC[C@@H]1C(=O)O)c1ccccc1F. The predicted octanol–water partition coefficient (Wildman–Crippen LogP) is 2.50. The third-order valence-corrected chi connectivity index (χ3v) is 3.90. The second-order valence-electron chi connectivity index (χ2n) is 5.23. The summed E-state index contributed by atoms with van der Waals surface area (Å²) in [7, 11) is 0. The van der Waals surface area contributed by atoms with Crippen LogP contribution in [0.5, 0.6) is 0 Å². The van der Waals surface area contributed by atoms with Gasteiger partial charge in [-0.05, 0) is 25.8 Å². The van der Waals surface area contributed by atoms with Crippen LogP contribution in [0.25, 0.3) is 0 Å². The van der Waals surface area contributed by atoms with Crippen LogP contribution >= 0.6 is 0 Å². The van der Waals surface area contributed by atoms with E-state index in [1.807, 2.05) is 0 Å². The maximum atomic E-state index is 13.6. The molecule has 2 rings (SSSR count). The van der Waals surface area contributed by atoms with Crippen LogP contribution in [0, 0.1) is 17.7 Å². The second-order valence-corrected chi connectivity index (χ2v) is 5.23. The molecular weight excluding hydrogens is 261 g/mol.